The highest BCUT2D eigenvalue weighted by molar-refractivity contribution is 5.87. The number of ether oxygens (including phenoxy) is 1. The molecule has 132 valence electrons. The van der Waals surface area contributed by atoms with Crippen LogP contribution >= 0.6 is 0 Å². The summed E-state index contributed by atoms with van der Waals surface area (Å²) in [6.45, 7) is 11.7. The molecule has 23 heavy (non-hydrogen) atoms. The van der Waals surface area contributed by atoms with Gasteiger partial charge >= 0.3 is 12.1 Å². The van der Waals surface area contributed by atoms with Gasteiger partial charge < -0.3 is 19.6 Å². The molecule has 0 bridgehead atoms. The van der Waals surface area contributed by atoms with E-state index in [4.69, 9.17) is 9.84 Å². The molecule has 1 saturated heterocycles. The normalized spacial score (nSPS) is 16.7. The molecule has 1 rings (SSSR count). The van der Waals surface area contributed by atoms with E-state index in [9.17, 15) is 14.4 Å². The molecule has 1 aliphatic heterocycles. The SMILES string of the molecule is CCN(C(=O)C1CN(C(=O)O)C1)C(C(=O)OC(C)(C)C)C(C)C. The van der Waals surface area contributed by atoms with Crippen LogP contribution in [0.3, 0.4) is 0 Å². The summed E-state index contributed by atoms with van der Waals surface area (Å²) < 4.78 is 5.45. The number of amides is 2. The van der Waals surface area contributed by atoms with Crippen LogP contribution in [0.15, 0.2) is 0 Å². The lowest BCUT2D eigenvalue weighted by Gasteiger charge is -2.41. The second-order valence-electron chi connectivity index (χ2n) is 7.23. The second kappa shape index (κ2) is 7.19. The molecule has 0 aromatic heterocycles. The van der Waals surface area contributed by atoms with E-state index >= 15 is 0 Å². The van der Waals surface area contributed by atoms with Gasteiger partial charge in [-0.3, -0.25) is 4.79 Å². The minimum atomic E-state index is -1.02. The molecule has 0 aromatic rings. The van der Waals surface area contributed by atoms with Crippen molar-refractivity contribution in [1.29, 1.82) is 0 Å². The first-order valence-corrected chi connectivity index (χ1v) is 7.99. The fourth-order valence-electron chi connectivity index (χ4n) is 2.64. The molecule has 2 amide bonds. The first kappa shape index (κ1) is 19.3. The third-order valence-electron chi connectivity index (χ3n) is 3.74. The van der Waals surface area contributed by atoms with Crippen molar-refractivity contribution in [3.05, 3.63) is 0 Å². The molecule has 7 heteroatoms. The van der Waals surface area contributed by atoms with E-state index < -0.39 is 23.7 Å². The van der Waals surface area contributed by atoms with Crippen molar-refractivity contribution in [1.82, 2.24) is 9.80 Å². The van der Waals surface area contributed by atoms with E-state index in [-0.39, 0.29) is 30.8 Å². The van der Waals surface area contributed by atoms with E-state index in [1.165, 1.54) is 9.80 Å². The van der Waals surface area contributed by atoms with Crippen LogP contribution < -0.4 is 0 Å². The summed E-state index contributed by atoms with van der Waals surface area (Å²) in [6, 6.07) is -0.661. The van der Waals surface area contributed by atoms with E-state index in [1.54, 1.807) is 20.8 Å². The molecule has 1 unspecified atom stereocenters. The van der Waals surface area contributed by atoms with Gasteiger partial charge in [-0.15, -0.1) is 0 Å². The standard InChI is InChI=1S/C16H28N2O5/c1-7-18(13(19)11-8-17(9-11)15(21)22)12(10(2)3)14(20)23-16(4,5)6/h10-12H,7-9H2,1-6H3,(H,21,22). The van der Waals surface area contributed by atoms with Crippen molar-refractivity contribution in [3.8, 4) is 0 Å². The molecule has 0 radical (unpaired) electrons. The third-order valence-corrected chi connectivity index (χ3v) is 3.74. The quantitative estimate of drug-likeness (QED) is 0.778. The molecule has 7 nitrogen and oxygen atoms in total. The summed E-state index contributed by atoms with van der Waals surface area (Å²) in [4.78, 5) is 38.7. The van der Waals surface area contributed by atoms with Crippen molar-refractivity contribution in [2.24, 2.45) is 11.8 Å². The van der Waals surface area contributed by atoms with Crippen LogP contribution in [0.5, 0.6) is 0 Å². The molecular formula is C16H28N2O5. The largest absolute Gasteiger partial charge is 0.465 e. The molecule has 0 aliphatic carbocycles. The van der Waals surface area contributed by atoms with Gasteiger partial charge in [-0.2, -0.15) is 0 Å². The van der Waals surface area contributed by atoms with Crippen LogP contribution in [0.25, 0.3) is 0 Å². The number of carboxylic acid groups (broad SMARTS) is 1. The van der Waals surface area contributed by atoms with E-state index in [0.717, 1.165) is 0 Å². The maximum absolute atomic E-state index is 12.6. The molecule has 1 heterocycles. The average molecular weight is 328 g/mol. The topological polar surface area (TPSA) is 87.2 Å². The van der Waals surface area contributed by atoms with Gasteiger partial charge in [0.05, 0.1) is 5.92 Å². The van der Waals surface area contributed by atoms with Gasteiger partial charge in [-0.05, 0) is 33.6 Å². The molecule has 1 atom stereocenters. The van der Waals surface area contributed by atoms with Crippen LogP contribution in [0.4, 0.5) is 4.79 Å². The Bertz CT molecular complexity index is 464. The molecule has 1 fully saturated rings. The smallest absolute Gasteiger partial charge is 0.407 e. The average Bonchev–Trinajstić information content (AvgIpc) is 2.29. The molecule has 0 saturated carbocycles. The maximum atomic E-state index is 12.6. The third kappa shape index (κ3) is 4.84. The fourth-order valence-corrected chi connectivity index (χ4v) is 2.64. The van der Waals surface area contributed by atoms with Gasteiger partial charge in [0.2, 0.25) is 5.91 Å². The Morgan fingerprint density at radius 1 is 1.26 bits per heavy atom. The Hall–Kier alpha value is -1.79. The monoisotopic (exact) mass is 328 g/mol. The van der Waals surface area contributed by atoms with Crippen LogP contribution in [0.2, 0.25) is 0 Å². The lowest BCUT2D eigenvalue weighted by atomic mass is 9.95. The lowest BCUT2D eigenvalue weighted by molar-refractivity contribution is -0.168. The maximum Gasteiger partial charge on any atom is 0.407 e. The minimum Gasteiger partial charge on any atom is -0.465 e. The summed E-state index contributed by atoms with van der Waals surface area (Å²) >= 11 is 0. The Morgan fingerprint density at radius 3 is 2.13 bits per heavy atom. The van der Waals surface area contributed by atoms with E-state index in [1.807, 2.05) is 20.8 Å². The van der Waals surface area contributed by atoms with Gasteiger partial charge in [-0.1, -0.05) is 13.8 Å². The number of carbonyl (C=O) groups excluding carboxylic acids is 2. The Kier molecular flexibility index (Phi) is 6.02. The highest BCUT2D eigenvalue weighted by atomic mass is 16.6. The van der Waals surface area contributed by atoms with Gasteiger partial charge in [0.25, 0.3) is 0 Å². The number of hydrogen-bond donors (Lipinski definition) is 1. The summed E-state index contributed by atoms with van der Waals surface area (Å²) in [5.74, 6) is -1.08. The number of esters is 1. The van der Waals surface area contributed by atoms with Crippen molar-refractivity contribution in [2.75, 3.05) is 19.6 Å². The summed E-state index contributed by atoms with van der Waals surface area (Å²) in [7, 11) is 0. The summed E-state index contributed by atoms with van der Waals surface area (Å²) in [6.07, 6.45) is -1.02. The van der Waals surface area contributed by atoms with Crippen molar-refractivity contribution >= 4 is 18.0 Å². The van der Waals surface area contributed by atoms with Crippen molar-refractivity contribution in [3.63, 3.8) is 0 Å². The minimum absolute atomic E-state index is 0.0931. The van der Waals surface area contributed by atoms with E-state index in [2.05, 4.69) is 0 Å². The first-order chi connectivity index (χ1) is 10.5. The molecule has 0 aromatic carbocycles. The summed E-state index contributed by atoms with van der Waals surface area (Å²) in [5.41, 5.74) is -0.622. The van der Waals surface area contributed by atoms with Crippen LogP contribution in [-0.4, -0.2) is 64.2 Å². The zero-order valence-electron chi connectivity index (χ0n) is 14.8. The predicted octanol–water partition coefficient (Wildman–Crippen LogP) is 1.81. The molecule has 1 N–H and O–H groups in total. The number of rotatable bonds is 5. The van der Waals surface area contributed by atoms with Crippen molar-refractivity contribution < 1.29 is 24.2 Å². The van der Waals surface area contributed by atoms with Crippen LogP contribution in [0, 0.1) is 11.8 Å². The van der Waals surface area contributed by atoms with Crippen molar-refractivity contribution in [2.45, 2.75) is 53.2 Å². The Balaban J connectivity index is 2.84. The van der Waals surface area contributed by atoms with E-state index in [0.29, 0.717) is 6.54 Å². The number of hydrogen-bond acceptors (Lipinski definition) is 4. The number of likely N-dealkylation sites (tertiary alicyclic amines) is 1. The second-order valence-corrected chi connectivity index (χ2v) is 7.23. The fraction of sp³-hybridized carbons (Fsp3) is 0.812. The number of carbonyl (C=O) groups is 3. The highest BCUT2D eigenvalue weighted by Crippen LogP contribution is 2.23. The molecular weight excluding hydrogens is 300 g/mol. The van der Waals surface area contributed by atoms with Gasteiger partial charge in [-0.25, -0.2) is 9.59 Å². The predicted molar refractivity (Wildman–Crippen MR) is 84.9 cm³/mol. The molecule has 0 spiro atoms. The number of likely N-dealkylation sites (N-methyl/N-ethyl adjacent to an activating group) is 1. The summed E-state index contributed by atoms with van der Waals surface area (Å²) in [5, 5.41) is 8.87. The first-order valence-electron chi connectivity index (χ1n) is 7.99. The zero-order chi connectivity index (χ0) is 17.9. The van der Waals surface area contributed by atoms with Gasteiger partial charge in [0, 0.05) is 19.6 Å². The zero-order valence-corrected chi connectivity index (χ0v) is 14.8. The van der Waals surface area contributed by atoms with Gasteiger partial charge in [0.1, 0.15) is 11.6 Å². The Labute approximate surface area is 137 Å². The molecule has 1 aliphatic rings. The number of nitrogens with zero attached hydrogens (tertiary/aromatic N) is 2. The van der Waals surface area contributed by atoms with Gasteiger partial charge in [0.15, 0.2) is 0 Å². The lowest BCUT2D eigenvalue weighted by Crippen LogP contribution is -2.59. The van der Waals surface area contributed by atoms with Crippen LogP contribution in [0.1, 0.15) is 41.5 Å². The van der Waals surface area contributed by atoms with Crippen LogP contribution in [-0.2, 0) is 14.3 Å². The Morgan fingerprint density at radius 2 is 1.78 bits per heavy atom. The highest BCUT2D eigenvalue weighted by Gasteiger charge is 2.42.